The van der Waals surface area contributed by atoms with Crippen LogP contribution in [0.25, 0.3) is 10.8 Å². The number of hydrogen-bond donors (Lipinski definition) is 1. The van der Waals surface area contributed by atoms with Crippen LogP contribution in [0.3, 0.4) is 0 Å². The average molecular weight is 414 g/mol. The number of fused-ring (bicyclic) bond motifs is 1. The van der Waals surface area contributed by atoms with Crippen LogP contribution < -0.4 is 14.8 Å². The van der Waals surface area contributed by atoms with Gasteiger partial charge in [0.15, 0.2) is 6.61 Å². The number of nitrogens with one attached hydrogen (secondary N) is 1. The van der Waals surface area contributed by atoms with Crippen molar-refractivity contribution in [1.82, 2.24) is 4.31 Å². The molecule has 29 heavy (non-hydrogen) atoms. The quantitative estimate of drug-likeness (QED) is 0.642. The summed E-state index contributed by atoms with van der Waals surface area (Å²) in [7, 11) is 0.516. The van der Waals surface area contributed by atoms with Crippen LogP contribution in [-0.4, -0.2) is 46.4 Å². The van der Waals surface area contributed by atoms with Crippen molar-refractivity contribution in [3.8, 4) is 11.5 Å². The van der Waals surface area contributed by atoms with E-state index in [-0.39, 0.29) is 17.3 Å². The molecule has 152 valence electrons. The molecule has 0 aliphatic heterocycles. The molecule has 0 aromatic heterocycles. The van der Waals surface area contributed by atoms with Crippen LogP contribution in [0.5, 0.6) is 11.5 Å². The van der Waals surface area contributed by atoms with Gasteiger partial charge in [-0.2, -0.15) is 0 Å². The Hall–Kier alpha value is -3.10. The molecule has 7 nitrogen and oxygen atoms in total. The van der Waals surface area contributed by atoms with Crippen molar-refractivity contribution in [2.45, 2.75) is 4.90 Å². The lowest BCUT2D eigenvalue weighted by atomic mass is 10.1. The number of rotatable bonds is 7. The van der Waals surface area contributed by atoms with Crippen molar-refractivity contribution in [2.75, 3.05) is 33.1 Å². The van der Waals surface area contributed by atoms with Crippen LogP contribution in [0.2, 0.25) is 0 Å². The van der Waals surface area contributed by atoms with E-state index in [1.807, 2.05) is 36.4 Å². The minimum Gasteiger partial charge on any atom is -0.495 e. The fourth-order valence-corrected chi connectivity index (χ4v) is 3.83. The summed E-state index contributed by atoms with van der Waals surface area (Å²) < 4.78 is 36.7. The maximum Gasteiger partial charge on any atom is 0.262 e. The van der Waals surface area contributed by atoms with Crippen LogP contribution in [0.1, 0.15) is 0 Å². The van der Waals surface area contributed by atoms with E-state index in [1.54, 1.807) is 12.1 Å². The van der Waals surface area contributed by atoms with Crippen molar-refractivity contribution in [1.29, 1.82) is 0 Å². The number of methoxy groups -OCH3 is 1. The van der Waals surface area contributed by atoms with Crippen LogP contribution >= 0.6 is 0 Å². The number of amides is 1. The minimum absolute atomic E-state index is 0.0294. The molecule has 1 N–H and O–H groups in total. The van der Waals surface area contributed by atoms with Crippen LogP contribution in [0.4, 0.5) is 5.69 Å². The van der Waals surface area contributed by atoms with Crippen molar-refractivity contribution in [3.05, 3.63) is 60.7 Å². The Bertz CT molecular complexity index is 1140. The predicted molar refractivity (Wildman–Crippen MR) is 112 cm³/mol. The Labute approximate surface area is 169 Å². The number of nitrogens with zero attached hydrogens (tertiary/aromatic N) is 1. The van der Waals surface area contributed by atoms with Gasteiger partial charge in [-0.25, -0.2) is 12.7 Å². The zero-order valence-corrected chi connectivity index (χ0v) is 17.2. The third kappa shape index (κ3) is 4.67. The van der Waals surface area contributed by atoms with Gasteiger partial charge in [0.25, 0.3) is 5.91 Å². The Kier molecular flexibility index (Phi) is 6.05. The van der Waals surface area contributed by atoms with E-state index in [1.165, 1.54) is 33.3 Å². The zero-order chi connectivity index (χ0) is 21.0. The molecule has 0 heterocycles. The maximum atomic E-state index is 12.5. The van der Waals surface area contributed by atoms with Gasteiger partial charge in [0.2, 0.25) is 10.0 Å². The summed E-state index contributed by atoms with van der Waals surface area (Å²) in [5.41, 5.74) is 0.332. The van der Waals surface area contributed by atoms with E-state index in [2.05, 4.69) is 5.32 Å². The molecule has 0 unspecified atom stereocenters. The highest BCUT2D eigenvalue weighted by atomic mass is 32.2. The molecule has 1 amide bonds. The first-order chi connectivity index (χ1) is 13.8. The zero-order valence-electron chi connectivity index (χ0n) is 16.4. The largest absolute Gasteiger partial charge is 0.495 e. The Morgan fingerprint density at radius 2 is 1.72 bits per heavy atom. The van der Waals surface area contributed by atoms with E-state index in [4.69, 9.17) is 9.47 Å². The Morgan fingerprint density at radius 1 is 1.00 bits per heavy atom. The van der Waals surface area contributed by atoms with Gasteiger partial charge in [0.1, 0.15) is 16.4 Å². The SMILES string of the molecule is COc1ccc(NC(=O)COc2ccc3ccccc3c2)cc1S(=O)(=O)N(C)C. The summed E-state index contributed by atoms with van der Waals surface area (Å²) in [6.07, 6.45) is 0. The van der Waals surface area contributed by atoms with E-state index in [0.29, 0.717) is 11.4 Å². The molecule has 0 saturated carbocycles. The summed E-state index contributed by atoms with van der Waals surface area (Å²) in [5.74, 6) is 0.366. The number of benzene rings is 3. The summed E-state index contributed by atoms with van der Waals surface area (Å²) in [5, 5.41) is 4.74. The molecule has 0 bridgehead atoms. The van der Waals surface area contributed by atoms with Crippen LogP contribution in [0, 0.1) is 0 Å². The third-order valence-corrected chi connectivity index (χ3v) is 6.13. The minimum atomic E-state index is -3.73. The molecule has 0 atom stereocenters. The van der Waals surface area contributed by atoms with Crippen molar-refractivity contribution in [3.63, 3.8) is 0 Å². The van der Waals surface area contributed by atoms with Gasteiger partial charge in [-0.1, -0.05) is 30.3 Å². The first kappa shape index (κ1) is 20.6. The average Bonchev–Trinajstić information content (AvgIpc) is 2.72. The number of hydrogen-bond acceptors (Lipinski definition) is 5. The summed E-state index contributed by atoms with van der Waals surface area (Å²) in [6.45, 7) is -0.208. The molecule has 3 aromatic rings. The Morgan fingerprint density at radius 3 is 2.41 bits per heavy atom. The molecular formula is C21H22N2O5S. The summed E-state index contributed by atoms with van der Waals surface area (Å²) >= 11 is 0. The van der Waals surface area contributed by atoms with Crippen LogP contribution in [0.15, 0.2) is 65.6 Å². The van der Waals surface area contributed by atoms with E-state index < -0.39 is 15.9 Å². The van der Waals surface area contributed by atoms with E-state index >= 15 is 0 Å². The van der Waals surface area contributed by atoms with Gasteiger partial charge in [0.05, 0.1) is 7.11 Å². The predicted octanol–water partition coefficient (Wildman–Crippen LogP) is 3.12. The highest BCUT2D eigenvalue weighted by Gasteiger charge is 2.23. The number of ether oxygens (including phenoxy) is 2. The molecule has 0 spiro atoms. The molecular weight excluding hydrogens is 392 g/mol. The number of sulfonamides is 1. The first-order valence-corrected chi connectivity index (χ1v) is 10.3. The lowest BCUT2D eigenvalue weighted by Gasteiger charge is -2.16. The van der Waals surface area contributed by atoms with Gasteiger partial charge in [0, 0.05) is 19.8 Å². The van der Waals surface area contributed by atoms with E-state index in [9.17, 15) is 13.2 Å². The molecule has 3 rings (SSSR count). The van der Waals surface area contributed by atoms with Crippen LogP contribution in [-0.2, 0) is 14.8 Å². The second kappa shape index (κ2) is 8.50. The molecule has 0 saturated heterocycles. The topological polar surface area (TPSA) is 84.9 Å². The monoisotopic (exact) mass is 414 g/mol. The van der Waals surface area contributed by atoms with Gasteiger partial charge >= 0.3 is 0 Å². The molecule has 0 fully saturated rings. The number of carbonyl (C=O) groups excluding carboxylic acids is 1. The normalized spacial score (nSPS) is 11.4. The fourth-order valence-electron chi connectivity index (χ4n) is 2.76. The smallest absolute Gasteiger partial charge is 0.262 e. The highest BCUT2D eigenvalue weighted by Crippen LogP contribution is 2.29. The highest BCUT2D eigenvalue weighted by molar-refractivity contribution is 7.89. The second-order valence-corrected chi connectivity index (χ2v) is 8.62. The number of anilines is 1. The fraction of sp³-hybridized carbons (Fsp3) is 0.190. The summed E-state index contributed by atoms with van der Waals surface area (Å²) in [4.78, 5) is 12.2. The molecule has 0 radical (unpaired) electrons. The lowest BCUT2D eigenvalue weighted by molar-refractivity contribution is -0.118. The standard InChI is InChI=1S/C21H22N2O5S/c1-23(2)29(25,26)20-13-17(9-11-19(20)27-3)22-21(24)14-28-18-10-8-15-6-4-5-7-16(15)12-18/h4-13H,14H2,1-3H3,(H,22,24). The van der Waals surface area contributed by atoms with Crippen molar-refractivity contribution >= 4 is 32.4 Å². The van der Waals surface area contributed by atoms with Gasteiger partial charge < -0.3 is 14.8 Å². The lowest BCUT2D eigenvalue weighted by Crippen LogP contribution is -2.24. The number of carbonyl (C=O) groups is 1. The molecule has 3 aromatic carbocycles. The molecule has 0 aliphatic carbocycles. The second-order valence-electron chi connectivity index (χ2n) is 6.50. The van der Waals surface area contributed by atoms with Gasteiger partial charge in [-0.3, -0.25) is 4.79 Å². The molecule has 8 heteroatoms. The molecule has 0 aliphatic rings. The Balaban J connectivity index is 1.71. The van der Waals surface area contributed by atoms with Gasteiger partial charge in [-0.15, -0.1) is 0 Å². The third-order valence-electron chi connectivity index (χ3n) is 4.30. The maximum absolute atomic E-state index is 12.5. The van der Waals surface area contributed by atoms with Crippen molar-refractivity contribution < 1.29 is 22.7 Å². The van der Waals surface area contributed by atoms with Gasteiger partial charge in [-0.05, 0) is 41.1 Å². The first-order valence-electron chi connectivity index (χ1n) is 8.83. The van der Waals surface area contributed by atoms with Crippen molar-refractivity contribution in [2.24, 2.45) is 0 Å². The summed E-state index contributed by atoms with van der Waals surface area (Å²) in [6, 6.07) is 17.9. The van der Waals surface area contributed by atoms with E-state index in [0.717, 1.165) is 15.1 Å².